The lowest BCUT2D eigenvalue weighted by atomic mass is 10.1. The molecule has 0 unspecified atom stereocenters. The molecule has 2 aromatic rings. The zero-order valence-electron chi connectivity index (χ0n) is 12.4. The van der Waals surface area contributed by atoms with Gasteiger partial charge in [-0.1, -0.05) is 25.4 Å². The maximum Gasteiger partial charge on any atom is 0.0661 e. The highest BCUT2D eigenvalue weighted by molar-refractivity contribution is 6.30. The molecular formula is C16H22ClN3. The highest BCUT2D eigenvalue weighted by Crippen LogP contribution is 2.22. The molecule has 0 aliphatic heterocycles. The van der Waals surface area contributed by atoms with Crippen LogP contribution < -0.4 is 5.32 Å². The molecule has 1 aromatic carbocycles. The second kappa shape index (κ2) is 6.91. The first-order valence-electron chi connectivity index (χ1n) is 7.21. The second-order valence-electron chi connectivity index (χ2n) is 4.82. The molecule has 1 N–H and O–H groups in total. The number of aryl methyl sites for hydroxylation is 1. The molecule has 0 bridgehead atoms. The number of benzene rings is 1. The molecule has 0 aliphatic rings. The molecule has 1 aromatic heterocycles. The Kier molecular flexibility index (Phi) is 5.21. The van der Waals surface area contributed by atoms with Crippen molar-refractivity contribution in [2.24, 2.45) is 0 Å². The van der Waals surface area contributed by atoms with Crippen LogP contribution in [0.25, 0.3) is 5.69 Å². The Morgan fingerprint density at radius 1 is 1.15 bits per heavy atom. The van der Waals surface area contributed by atoms with Crippen molar-refractivity contribution in [1.29, 1.82) is 0 Å². The third-order valence-corrected chi connectivity index (χ3v) is 3.79. The Hall–Kier alpha value is -1.32. The van der Waals surface area contributed by atoms with Gasteiger partial charge >= 0.3 is 0 Å². The average Bonchev–Trinajstić information content (AvgIpc) is 2.83. The molecule has 2 rings (SSSR count). The average molecular weight is 292 g/mol. The van der Waals surface area contributed by atoms with Gasteiger partial charge in [-0.3, -0.25) is 0 Å². The first-order chi connectivity index (χ1) is 9.71. The minimum atomic E-state index is 0.755. The lowest BCUT2D eigenvalue weighted by Gasteiger charge is -2.08. The van der Waals surface area contributed by atoms with Crippen molar-refractivity contribution in [2.75, 3.05) is 13.6 Å². The maximum absolute atomic E-state index is 5.97. The van der Waals surface area contributed by atoms with Crippen molar-refractivity contribution in [3.05, 3.63) is 46.2 Å². The van der Waals surface area contributed by atoms with Crippen LogP contribution >= 0.6 is 11.6 Å². The SMILES string of the molecule is CCc1nn(-c2ccc(Cl)cc2)c(CC)c1CCNC. The molecule has 4 heteroatoms. The van der Waals surface area contributed by atoms with Crippen LogP contribution in [0.5, 0.6) is 0 Å². The molecule has 1 heterocycles. The lowest BCUT2D eigenvalue weighted by molar-refractivity contribution is 0.772. The molecule has 0 fully saturated rings. The third kappa shape index (κ3) is 3.05. The summed E-state index contributed by atoms with van der Waals surface area (Å²) < 4.78 is 2.07. The van der Waals surface area contributed by atoms with E-state index in [0.29, 0.717) is 0 Å². The van der Waals surface area contributed by atoms with Crippen LogP contribution in [0.15, 0.2) is 24.3 Å². The summed E-state index contributed by atoms with van der Waals surface area (Å²) in [7, 11) is 1.99. The molecular weight excluding hydrogens is 270 g/mol. The molecule has 0 saturated heterocycles. The van der Waals surface area contributed by atoms with Gasteiger partial charge in [-0.2, -0.15) is 5.10 Å². The summed E-state index contributed by atoms with van der Waals surface area (Å²) in [6.45, 7) is 5.33. The van der Waals surface area contributed by atoms with Gasteiger partial charge in [-0.25, -0.2) is 4.68 Å². The highest BCUT2D eigenvalue weighted by Gasteiger charge is 2.15. The van der Waals surface area contributed by atoms with E-state index < -0.39 is 0 Å². The summed E-state index contributed by atoms with van der Waals surface area (Å²) in [5, 5.41) is 8.77. The van der Waals surface area contributed by atoms with Gasteiger partial charge in [-0.15, -0.1) is 0 Å². The van der Waals surface area contributed by atoms with Crippen LogP contribution in [0.1, 0.15) is 30.8 Å². The summed E-state index contributed by atoms with van der Waals surface area (Å²) in [6.07, 6.45) is 2.97. The molecule has 0 aliphatic carbocycles. The Balaban J connectivity index is 2.47. The quantitative estimate of drug-likeness (QED) is 0.884. The van der Waals surface area contributed by atoms with Crippen molar-refractivity contribution in [3.8, 4) is 5.69 Å². The van der Waals surface area contributed by atoms with E-state index in [1.54, 1.807) is 0 Å². The van der Waals surface area contributed by atoms with E-state index in [1.807, 2.05) is 31.3 Å². The van der Waals surface area contributed by atoms with Crippen molar-refractivity contribution in [1.82, 2.24) is 15.1 Å². The zero-order valence-corrected chi connectivity index (χ0v) is 13.2. The molecule has 0 amide bonds. The van der Waals surface area contributed by atoms with E-state index in [9.17, 15) is 0 Å². The van der Waals surface area contributed by atoms with Crippen molar-refractivity contribution in [2.45, 2.75) is 33.1 Å². The van der Waals surface area contributed by atoms with Crippen LogP contribution in [0.3, 0.4) is 0 Å². The zero-order chi connectivity index (χ0) is 14.5. The van der Waals surface area contributed by atoms with Gasteiger partial charge in [-0.05, 0) is 62.7 Å². The maximum atomic E-state index is 5.97. The minimum absolute atomic E-state index is 0.755. The Bertz CT molecular complexity index is 558. The smallest absolute Gasteiger partial charge is 0.0661 e. The third-order valence-electron chi connectivity index (χ3n) is 3.54. The number of hydrogen-bond donors (Lipinski definition) is 1. The second-order valence-corrected chi connectivity index (χ2v) is 5.26. The van der Waals surface area contributed by atoms with Gasteiger partial charge in [0.2, 0.25) is 0 Å². The topological polar surface area (TPSA) is 29.9 Å². The van der Waals surface area contributed by atoms with E-state index >= 15 is 0 Å². The van der Waals surface area contributed by atoms with Crippen LogP contribution in [-0.4, -0.2) is 23.4 Å². The van der Waals surface area contributed by atoms with E-state index in [4.69, 9.17) is 16.7 Å². The normalized spacial score (nSPS) is 11.0. The lowest BCUT2D eigenvalue weighted by Crippen LogP contribution is -2.12. The standard InChI is InChI=1S/C16H22ClN3/c1-4-15-14(10-11-18-3)16(5-2)20(19-15)13-8-6-12(17)7-9-13/h6-9,18H,4-5,10-11H2,1-3H3. The molecule has 0 spiro atoms. The van der Waals surface area contributed by atoms with Gasteiger partial charge in [0.15, 0.2) is 0 Å². The minimum Gasteiger partial charge on any atom is -0.319 e. The van der Waals surface area contributed by atoms with Crippen LogP contribution in [0.2, 0.25) is 5.02 Å². The predicted octanol–water partition coefficient (Wildman–Crippen LogP) is 3.41. The van der Waals surface area contributed by atoms with Crippen LogP contribution in [0.4, 0.5) is 0 Å². The highest BCUT2D eigenvalue weighted by atomic mass is 35.5. The van der Waals surface area contributed by atoms with Gasteiger partial charge < -0.3 is 5.32 Å². The molecule has 0 saturated carbocycles. The van der Waals surface area contributed by atoms with Crippen molar-refractivity contribution in [3.63, 3.8) is 0 Å². The van der Waals surface area contributed by atoms with Crippen LogP contribution in [-0.2, 0) is 19.3 Å². The fourth-order valence-corrected chi connectivity index (χ4v) is 2.64. The molecule has 0 radical (unpaired) electrons. The van der Waals surface area contributed by atoms with Crippen molar-refractivity contribution >= 4 is 11.6 Å². The number of likely N-dealkylation sites (N-methyl/N-ethyl adjacent to an activating group) is 1. The van der Waals surface area contributed by atoms with E-state index in [-0.39, 0.29) is 0 Å². The first kappa shape index (κ1) is 15.1. The fraction of sp³-hybridized carbons (Fsp3) is 0.438. The Morgan fingerprint density at radius 2 is 1.85 bits per heavy atom. The van der Waals surface area contributed by atoms with E-state index in [0.717, 1.165) is 36.5 Å². The number of halogens is 1. The molecule has 108 valence electrons. The monoisotopic (exact) mass is 291 g/mol. The number of hydrogen-bond acceptors (Lipinski definition) is 2. The Labute approximate surface area is 126 Å². The Morgan fingerprint density at radius 3 is 2.40 bits per heavy atom. The largest absolute Gasteiger partial charge is 0.319 e. The number of nitrogens with one attached hydrogen (secondary N) is 1. The summed E-state index contributed by atoms with van der Waals surface area (Å²) in [6, 6.07) is 7.87. The van der Waals surface area contributed by atoms with Gasteiger partial charge in [0.05, 0.1) is 11.4 Å². The summed E-state index contributed by atoms with van der Waals surface area (Å²) in [5.41, 5.74) is 4.97. The number of aromatic nitrogens is 2. The summed E-state index contributed by atoms with van der Waals surface area (Å²) in [5.74, 6) is 0. The fourth-order valence-electron chi connectivity index (χ4n) is 2.52. The predicted molar refractivity (Wildman–Crippen MR) is 85.0 cm³/mol. The molecule has 3 nitrogen and oxygen atoms in total. The van der Waals surface area contributed by atoms with E-state index in [1.165, 1.54) is 17.0 Å². The van der Waals surface area contributed by atoms with Crippen LogP contribution in [0, 0.1) is 0 Å². The van der Waals surface area contributed by atoms with Crippen molar-refractivity contribution < 1.29 is 0 Å². The first-order valence-corrected chi connectivity index (χ1v) is 7.59. The number of nitrogens with zero attached hydrogens (tertiary/aromatic N) is 2. The molecule has 20 heavy (non-hydrogen) atoms. The van der Waals surface area contributed by atoms with Gasteiger partial charge in [0.25, 0.3) is 0 Å². The summed E-state index contributed by atoms with van der Waals surface area (Å²) >= 11 is 5.97. The molecule has 0 atom stereocenters. The van der Waals surface area contributed by atoms with E-state index in [2.05, 4.69) is 23.8 Å². The number of rotatable bonds is 6. The van der Waals surface area contributed by atoms with Gasteiger partial charge in [0, 0.05) is 10.7 Å². The summed E-state index contributed by atoms with van der Waals surface area (Å²) in [4.78, 5) is 0. The van der Waals surface area contributed by atoms with Gasteiger partial charge in [0.1, 0.15) is 0 Å².